The summed E-state index contributed by atoms with van der Waals surface area (Å²) in [6.07, 6.45) is 7.22. The lowest BCUT2D eigenvalue weighted by Crippen LogP contribution is -2.37. The van der Waals surface area contributed by atoms with E-state index in [1.165, 1.54) is 17.0 Å². The molecule has 0 bridgehead atoms. The molecule has 23 heavy (non-hydrogen) atoms. The van der Waals surface area contributed by atoms with E-state index in [0.717, 1.165) is 31.4 Å². The monoisotopic (exact) mass is 336 g/mol. The number of sulfonamides is 1. The standard InChI is InChI=1S/C17H24N2O3S/c1-23(21,22)19-13-7-12-18(15-10-5-6-11-16(15)19)17(20)14-8-3-2-4-9-14/h5-6,10-11,14H,2-4,7-9,12-13H2,1H3. The van der Waals surface area contributed by atoms with Crippen LogP contribution in [0.5, 0.6) is 0 Å². The molecule has 1 fully saturated rings. The first-order valence-electron chi connectivity index (χ1n) is 8.36. The van der Waals surface area contributed by atoms with Gasteiger partial charge in [-0.25, -0.2) is 8.42 Å². The van der Waals surface area contributed by atoms with Crippen molar-refractivity contribution in [3.8, 4) is 0 Å². The lowest BCUT2D eigenvalue weighted by atomic mass is 9.88. The highest BCUT2D eigenvalue weighted by molar-refractivity contribution is 7.92. The smallest absolute Gasteiger partial charge is 0.232 e. The summed E-state index contributed by atoms with van der Waals surface area (Å²) in [5, 5.41) is 0. The van der Waals surface area contributed by atoms with Crippen molar-refractivity contribution in [1.82, 2.24) is 0 Å². The van der Waals surface area contributed by atoms with Crippen LogP contribution in [0, 0.1) is 5.92 Å². The molecular weight excluding hydrogens is 312 g/mol. The molecule has 0 atom stereocenters. The second kappa shape index (κ2) is 6.51. The minimum Gasteiger partial charge on any atom is -0.310 e. The molecule has 1 amide bonds. The van der Waals surface area contributed by atoms with Crippen LogP contribution in [0.25, 0.3) is 0 Å². The van der Waals surface area contributed by atoms with E-state index < -0.39 is 10.0 Å². The van der Waals surface area contributed by atoms with Crippen LogP contribution in [0.1, 0.15) is 38.5 Å². The van der Waals surface area contributed by atoms with E-state index in [9.17, 15) is 13.2 Å². The fourth-order valence-electron chi connectivity index (χ4n) is 3.66. The number of benzene rings is 1. The van der Waals surface area contributed by atoms with E-state index >= 15 is 0 Å². The number of anilines is 2. The second-order valence-electron chi connectivity index (χ2n) is 6.50. The van der Waals surface area contributed by atoms with Crippen LogP contribution >= 0.6 is 0 Å². The Balaban J connectivity index is 1.96. The van der Waals surface area contributed by atoms with Gasteiger partial charge in [0, 0.05) is 19.0 Å². The van der Waals surface area contributed by atoms with Gasteiger partial charge in [0.15, 0.2) is 0 Å². The van der Waals surface area contributed by atoms with Crippen LogP contribution in [-0.4, -0.2) is 33.7 Å². The van der Waals surface area contributed by atoms with Crippen molar-refractivity contribution >= 4 is 27.3 Å². The summed E-state index contributed by atoms with van der Waals surface area (Å²) in [5.41, 5.74) is 1.35. The van der Waals surface area contributed by atoms with Crippen molar-refractivity contribution in [2.45, 2.75) is 38.5 Å². The van der Waals surface area contributed by atoms with E-state index in [2.05, 4.69) is 0 Å². The van der Waals surface area contributed by atoms with Gasteiger partial charge in [-0.3, -0.25) is 9.10 Å². The molecule has 0 radical (unpaired) electrons. The van der Waals surface area contributed by atoms with Gasteiger partial charge < -0.3 is 4.90 Å². The van der Waals surface area contributed by atoms with Gasteiger partial charge in [0.1, 0.15) is 0 Å². The molecule has 126 valence electrons. The number of carbonyl (C=O) groups excluding carboxylic acids is 1. The number of rotatable bonds is 2. The van der Waals surface area contributed by atoms with Crippen molar-refractivity contribution in [3.05, 3.63) is 24.3 Å². The highest BCUT2D eigenvalue weighted by Gasteiger charge is 2.32. The summed E-state index contributed by atoms with van der Waals surface area (Å²) in [6, 6.07) is 7.35. The molecule has 6 heteroatoms. The van der Waals surface area contributed by atoms with Gasteiger partial charge in [-0.05, 0) is 31.4 Å². The van der Waals surface area contributed by atoms with E-state index in [1.807, 2.05) is 23.1 Å². The Labute approximate surface area is 138 Å². The van der Waals surface area contributed by atoms with Crippen LogP contribution < -0.4 is 9.21 Å². The lowest BCUT2D eigenvalue weighted by molar-refractivity contribution is -0.123. The zero-order valence-corrected chi connectivity index (χ0v) is 14.4. The van der Waals surface area contributed by atoms with Gasteiger partial charge in [0.05, 0.1) is 17.6 Å². The predicted molar refractivity (Wildman–Crippen MR) is 92.2 cm³/mol. The molecule has 0 aromatic heterocycles. The number of para-hydroxylation sites is 2. The number of carbonyl (C=O) groups is 1. The summed E-state index contributed by atoms with van der Waals surface area (Å²) in [4.78, 5) is 14.8. The number of hydrogen-bond acceptors (Lipinski definition) is 3. The molecule has 0 saturated heterocycles. The van der Waals surface area contributed by atoms with Crippen LogP contribution in [0.2, 0.25) is 0 Å². The van der Waals surface area contributed by atoms with Crippen molar-refractivity contribution < 1.29 is 13.2 Å². The second-order valence-corrected chi connectivity index (χ2v) is 8.41. The molecule has 5 nitrogen and oxygen atoms in total. The molecule has 0 N–H and O–H groups in total. The van der Waals surface area contributed by atoms with Crippen LogP contribution in [0.3, 0.4) is 0 Å². The summed E-state index contributed by atoms with van der Waals surface area (Å²) in [5.74, 6) is 0.245. The average molecular weight is 336 g/mol. The topological polar surface area (TPSA) is 57.7 Å². The Morgan fingerprint density at radius 1 is 1.00 bits per heavy atom. The molecule has 0 spiro atoms. The van der Waals surface area contributed by atoms with E-state index in [-0.39, 0.29) is 11.8 Å². The summed E-state index contributed by atoms with van der Waals surface area (Å²) in [7, 11) is -3.34. The number of fused-ring (bicyclic) bond motifs is 1. The van der Waals surface area contributed by atoms with Gasteiger partial charge in [-0.15, -0.1) is 0 Å². The molecule has 1 heterocycles. The zero-order valence-electron chi connectivity index (χ0n) is 13.6. The minimum absolute atomic E-state index is 0.0848. The lowest BCUT2D eigenvalue weighted by Gasteiger charge is -2.30. The van der Waals surface area contributed by atoms with E-state index in [1.54, 1.807) is 6.07 Å². The maximum absolute atomic E-state index is 13.0. The maximum Gasteiger partial charge on any atom is 0.232 e. The highest BCUT2D eigenvalue weighted by atomic mass is 32.2. The Bertz CT molecular complexity index is 681. The van der Waals surface area contributed by atoms with Gasteiger partial charge >= 0.3 is 0 Å². The SMILES string of the molecule is CS(=O)(=O)N1CCCN(C(=O)C2CCCCC2)c2ccccc21. The van der Waals surface area contributed by atoms with Gasteiger partial charge in [-0.2, -0.15) is 0 Å². The van der Waals surface area contributed by atoms with Crippen molar-refractivity contribution in [2.75, 3.05) is 28.6 Å². The molecule has 0 unspecified atom stereocenters. The predicted octanol–water partition coefficient (Wildman–Crippen LogP) is 2.77. The van der Waals surface area contributed by atoms with Crippen LogP contribution in [-0.2, 0) is 14.8 Å². The Morgan fingerprint density at radius 3 is 2.30 bits per heavy atom. The number of hydrogen-bond donors (Lipinski definition) is 0. The molecule has 1 aromatic carbocycles. The third kappa shape index (κ3) is 3.37. The quantitative estimate of drug-likeness (QED) is 0.834. The van der Waals surface area contributed by atoms with E-state index in [0.29, 0.717) is 25.2 Å². The molecule has 1 aliphatic carbocycles. The maximum atomic E-state index is 13.0. The zero-order chi connectivity index (χ0) is 16.4. The van der Waals surface area contributed by atoms with Gasteiger partial charge in [-0.1, -0.05) is 31.4 Å². The number of nitrogens with zero attached hydrogens (tertiary/aromatic N) is 2. The first kappa shape index (κ1) is 16.3. The first-order valence-corrected chi connectivity index (χ1v) is 10.2. The van der Waals surface area contributed by atoms with Crippen molar-refractivity contribution in [3.63, 3.8) is 0 Å². The summed E-state index contributed by atoms with van der Waals surface area (Å²) < 4.78 is 25.6. The minimum atomic E-state index is -3.34. The third-order valence-electron chi connectivity index (χ3n) is 4.80. The third-order valence-corrected chi connectivity index (χ3v) is 5.98. The fraction of sp³-hybridized carbons (Fsp3) is 0.588. The molecule has 1 saturated carbocycles. The molecule has 1 aromatic rings. The van der Waals surface area contributed by atoms with Gasteiger partial charge in [0.25, 0.3) is 0 Å². The summed E-state index contributed by atoms with van der Waals surface area (Å²) >= 11 is 0. The fourth-order valence-corrected chi connectivity index (χ4v) is 4.63. The molecular formula is C17H24N2O3S. The van der Waals surface area contributed by atoms with Gasteiger partial charge in [0.2, 0.25) is 15.9 Å². The van der Waals surface area contributed by atoms with Crippen LogP contribution in [0.15, 0.2) is 24.3 Å². The average Bonchev–Trinajstić information content (AvgIpc) is 2.74. The normalized spacial score (nSPS) is 20.0. The molecule has 1 aliphatic heterocycles. The molecule has 3 rings (SSSR count). The Kier molecular flexibility index (Phi) is 4.62. The number of amides is 1. The van der Waals surface area contributed by atoms with Crippen LogP contribution in [0.4, 0.5) is 11.4 Å². The Morgan fingerprint density at radius 2 is 1.65 bits per heavy atom. The highest BCUT2D eigenvalue weighted by Crippen LogP contribution is 2.36. The summed E-state index contributed by atoms with van der Waals surface area (Å²) in [6.45, 7) is 1.00. The first-order chi connectivity index (χ1) is 11.0. The van der Waals surface area contributed by atoms with E-state index in [4.69, 9.17) is 0 Å². The Hall–Kier alpha value is -1.56. The molecule has 2 aliphatic rings. The van der Waals surface area contributed by atoms with Crippen molar-refractivity contribution in [1.29, 1.82) is 0 Å². The van der Waals surface area contributed by atoms with Crippen molar-refractivity contribution in [2.24, 2.45) is 5.92 Å². The largest absolute Gasteiger partial charge is 0.310 e.